The topological polar surface area (TPSA) is 59.4 Å². The molecule has 9 heteroatoms. The predicted octanol–water partition coefficient (Wildman–Crippen LogP) is 8.35. The van der Waals surface area contributed by atoms with Gasteiger partial charge in [-0.3, -0.25) is 0 Å². The molecule has 4 aromatic carbocycles. The average molecular weight is 667 g/mol. The molecule has 0 aliphatic rings. The number of aliphatic carboxylic acids is 1. The van der Waals surface area contributed by atoms with Crippen LogP contribution >= 0.6 is 11.8 Å². The maximum absolute atomic E-state index is 13.8. The van der Waals surface area contributed by atoms with Crippen molar-refractivity contribution in [3.8, 4) is 27.0 Å². The molecular formula is C34H28F3NO3SSe. The fraction of sp³-hybridized carbons (Fsp3) is 0.176. The predicted molar refractivity (Wildman–Crippen MR) is 164 cm³/mol. The van der Waals surface area contributed by atoms with E-state index < -0.39 is 30.0 Å². The van der Waals surface area contributed by atoms with Gasteiger partial charge in [0.15, 0.2) is 0 Å². The Balaban J connectivity index is 1.45. The van der Waals surface area contributed by atoms with Crippen LogP contribution in [0.15, 0.2) is 83.8 Å². The number of benzene rings is 4. The van der Waals surface area contributed by atoms with E-state index in [0.717, 1.165) is 44.0 Å². The zero-order chi connectivity index (χ0) is 30.7. The number of halogens is 3. The molecule has 0 saturated heterocycles. The van der Waals surface area contributed by atoms with E-state index in [0.29, 0.717) is 17.7 Å². The Hall–Kier alpha value is -3.78. The van der Waals surface area contributed by atoms with E-state index in [1.807, 2.05) is 38.1 Å². The number of aromatic nitrogens is 1. The SMILES string of the molecule is Cc1ccc(-c2nc(C)c(C(Cc3ccc(-c4cc(F)c(F)c(F)c4)cc3)Sc3ccc(OCC(=O)O)c(C)c3)[se]2)cc1. The first-order valence-electron chi connectivity index (χ1n) is 13.5. The summed E-state index contributed by atoms with van der Waals surface area (Å²) in [6.45, 7) is 5.58. The summed E-state index contributed by atoms with van der Waals surface area (Å²) in [5.41, 5.74) is 6.03. The van der Waals surface area contributed by atoms with Crippen LogP contribution in [0.25, 0.3) is 21.3 Å². The van der Waals surface area contributed by atoms with Crippen molar-refractivity contribution in [2.24, 2.45) is 0 Å². The molecule has 1 N–H and O–H groups in total. The number of aryl methyl sites for hydroxylation is 3. The standard InChI is InChI=1S/C34H28F3NO3SSe/c1-19-4-8-24(9-5-19)34-38-21(3)33(43-34)30(42-26-12-13-29(20(2)14-26)41-18-31(39)40)15-22-6-10-23(11-7-22)25-16-27(35)32(37)28(36)17-25/h4-14,16-17,30H,15,18H2,1-3H3,(H,39,40). The summed E-state index contributed by atoms with van der Waals surface area (Å²) in [6, 6.07) is 23.5. The summed E-state index contributed by atoms with van der Waals surface area (Å²) >= 11 is 1.71. The van der Waals surface area contributed by atoms with Crippen LogP contribution in [-0.4, -0.2) is 37.2 Å². The normalized spacial score (nSPS) is 11.9. The molecule has 0 spiro atoms. The molecular weight excluding hydrogens is 638 g/mol. The Morgan fingerprint density at radius 3 is 2.16 bits per heavy atom. The van der Waals surface area contributed by atoms with Gasteiger partial charge in [0.1, 0.15) is 0 Å². The summed E-state index contributed by atoms with van der Waals surface area (Å²) in [5.74, 6) is -4.43. The molecule has 0 aliphatic heterocycles. The van der Waals surface area contributed by atoms with Crippen molar-refractivity contribution >= 4 is 32.2 Å². The van der Waals surface area contributed by atoms with Crippen LogP contribution in [0.1, 0.15) is 32.1 Å². The maximum atomic E-state index is 13.8. The molecule has 0 radical (unpaired) electrons. The number of hydrogen-bond donors (Lipinski definition) is 1. The van der Waals surface area contributed by atoms with E-state index in [4.69, 9.17) is 14.8 Å². The average Bonchev–Trinajstić information content (AvgIpc) is 3.37. The molecule has 1 unspecified atom stereocenters. The molecule has 5 rings (SSSR count). The number of ether oxygens (including phenoxy) is 1. The van der Waals surface area contributed by atoms with Crippen LogP contribution in [-0.2, 0) is 11.2 Å². The molecule has 0 aliphatic carbocycles. The number of thioether (sulfide) groups is 1. The fourth-order valence-corrected chi connectivity index (χ4v) is 8.68. The third-order valence-electron chi connectivity index (χ3n) is 6.89. The van der Waals surface area contributed by atoms with Gasteiger partial charge in [0.25, 0.3) is 0 Å². The van der Waals surface area contributed by atoms with Gasteiger partial charge in [-0.05, 0) is 0 Å². The summed E-state index contributed by atoms with van der Waals surface area (Å²) in [5, 5.41) is 9.01. The number of carbonyl (C=O) groups is 1. The molecule has 0 amide bonds. The van der Waals surface area contributed by atoms with Gasteiger partial charge in [-0.15, -0.1) is 0 Å². The third-order valence-corrected chi connectivity index (χ3v) is 11.2. The first kappa shape index (κ1) is 30.7. The van der Waals surface area contributed by atoms with Crippen molar-refractivity contribution in [2.45, 2.75) is 37.3 Å². The van der Waals surface area contributed by atoms with E-state index in [2.05, 4.69) is 31.2 Å². The molecule has 4 nitrogen and oxygen atoms in total. The Kier molecular flexibility index (Phi) is 9.45. The second-order valence-corrected chi connectivity index (χ2v) is 13.6. The number of carboxylic acids is 1. The van der Waals surface area contributed by atoms with Gasteiger partial charge in [-0.2, -0.15) is 0 Å². The Bertz CT molecular complexity index is 1750. The van der Waals surface area contributed by atoms with Gasteiger partial charge in [0.2, 0.25) is 0 Å². The molecule has 1 aromatic heterocycles. The first-order chi connectivity index (χ1) is 20.6. The van der Waals surface area contributed by atoms with Crippen LogP contribution in [0.5, 0.6) is 5.75 Å². The number of rotatable bonds is 10. The second kappa shape index (κ2) is 13.2. The molecule has 1 heterocycles. The first-order valence-corrected chi connectivity index (χ1v) is 16.1. The Labute approximate surface area is 258 Å². The van der Waals surface area contributed by atoms with Crippen LogP contribution < -0.4 is 4.74 Å². The number of hydrogen-bond acceptors (Lipinski definition) is 4. The quantitative estimate of drug-likeness (QED) is 0.0923. The van der Waals surface area contributed by atoms with E-state index in [1.165, 1.54) is 10.0 Å². The molecule has 1 atom stereocenters. The summed E-state index contributed by atoms with van der Waals surface area (Å²) in [4.78, 5) is 16.9. The van der Waals surface area contributed by atoms with Crippen molar-refractivity contribution in [1.29, 1.82) is 0 Å². The van der Waals surface area contributed by atoms with Crippen molar-refractivity contribution in [3.05, 3.63) is 123 Å². The van der Waals surface area contributed by atoms with Crippen molar-refractivity contribution in [2.75, 3.05) is 6.61 Å². The molecule has 0 saturated carbocycles. The van der Waals surface area contributed by atoms with Gasteiger partial charge >= 0.3 is 259 Å². The fourth-order valence-electron chi connectivity index (χ4n) is 4.64. The molecule has 43 heavy (non-hydrogen) atoms. The van der Waals surface area contributed by atoms with Crippen molar-refractivity contribution < 1.29 is 27.8 Å². The van der Waals surface area contributed by atoms with Gasteiger partial charge < -0.3 is 0 Å². The summed E-state index contributed by atoms with van der Waals surface area (Å²) in [6.07, 6.45) is 0.679. The summed E-state index contributed by atoms with van der Waals surface area (Å²) in [7, 11) is 0. The van der Waals surface area contributed by atoms with Crippen LogP contribution in [0.4, 0.5) is 13.2 Å². The Morgan fingerprint density at radius 2 is 1.53 bits per heavy atom. The van der Waals surface area contributed by atoms with E-state index in [-0.39, 0.29) is 25.3 Å². The van der Waals surface area contributed by atoms with E-state index in [1.54, 1.807) is 30.0 Å². The number of nitrogens with zero attached hydrogens (tertiary/aromatic N) is 1. The molecule has 0 bridgehead atoms. The van der Waals surface area contributed by atoms with Gasteiger partial charge in [-0.1, -0.05) is 0 Å². The minimum absolute atomic E-state index is 0.000300. The van der Waals surface area contributed by atoms with Crippen LogP contribution in [0.3, 0.4) is 0 Å². The van der Waals surface area contributed by atoms with E-state index in [9.17, 15) is 18.0 Å². The van der Waals surface area contributed by atoms with Crippen molar-refractivity contribution in [3.63, 3.8) is 0 Å². The zero-order valence-corrected chi connectivity index (χ0v) is 26.2. The second-order valence-electron chi connectivity index (χ2n) is 10.2. The third kappa shape index (κ3) is 7.42. The minimum atomic E-state index is -1.48. The van der Waals surface area contributed by atoms with Gasteiger partial charge in [0.05, 0.1) is 0 Å². The molecule has 220 valence electrons. The number of carboxylic acid groups (broad SMARTS) is 1. The van der Waals surface area contributed by atoms with E-state index >= 15 is 0 Å². The Morgan fingerprint density at radius 1 is 0.884 bits per heavy atom. The van der Waals surface area contributed by atoms with Crippen LogP contribution in [0, 0.1) is 38.2 Å². The zero-order valence-electron chi connectivity index (χ0n) is 23.7. The molecule has 0 fully saturated rings. The monoisotopic (exact) mass is 667 g/mol. The summed E-state index contributed by atoms with van der Waals surface area (Å²) < 4.78 is 48.9. The molecule has 5 aromatic rings. The van der Waals surface area contributed by atoms with Crippen molar-refractivity contribution in [1.82, 2.24) is 4.98 Å². The van der Waals surface area contributed by atoms with Crippen LogP contribution in [0.2, 0.25) is 0 Å². The van der Waals surface area contributed by atoms with Gasteiger partial charge in [0, 0.05) is 0 Å². The van der Waals surface area contributed by atoms with Gasteiger partial charge in [-0.25, -0.2) is 0 Å².